The van der Waals surface area contributed by atoms with Crippen molar-refractivity contribution in [3.8, 4) is 0 Å². The first-order valence-corrected chi connectivity index (χ1v) is 5.77. The highest BCUT2D eigenvalue weighted by Gasteiger charge is 2.77. The van der Waals surface area contributed by atoms with Gasteiger partial charge in [-0.25, -0.2) is 8.78 Å². The Morgan fingerprint density at radius 1 is 1.00 bits per heavy atom. The normalized spacial score (nSPS) is 14.2. The van der Waals surface area contributed by atoms with E-state index in [0.29, 0.717) is 0 Å². The van der Waals surface area contributed by atoms with E-state index in [1.807, 2.05) is 0 Å². The lowest BCUT2D eigenvalue weighted by molar-refractivity contribution is -0.326. The predicted molar refractivity (Wildman–Crippen MR) is 62.9 cm³/mol. The van der Waals surface area contributed by atoms with Crippen LogP contribution in [0.1, 0.15) is 5.56 Å². The number of alkyl halides is 8. The number of ketones is 1. The second-order valence-electron chi connectivity index (χ2n) is 4.33. The first kappa shape index (κ1) is 18.9. The van der Waals surface area contributed by atoms with Gasteiger partial charge in [-0.05, 0) is 0 Å². The van der Waals surface area contributed by atoms with Crippen molar-refractivity contribution in [3.05, 3.63) is 42.0 Å². The van der Waals surface area contributed by atoms with Gasteiger partial charge in [0.05, 0.1) is 0 Å². The Hall–Kier alpha value is -2.13. The summed E-state index contributed by atoms with van der Waals surface area (Å²) in [4.78, 5) is 11.1. The van der Waals surface area contributed by atoms with Crippen LogP contribution in [-0.2, 0) is 4.79 Å². The van der Waals surface area contributed by atoms with Gasteiger partial charge in [0, 0.05) is 11.6 Å². The predicted octanol–water partition coefficient (Wildman–Crippen LogP) is 4.33. The van der Waals surface area contributed by atoms with Gasteiger partial charge < -0.3 is 5.11 Å². The van der Waals surface area contributed by atoms with E-state index in [1.54, 1.807) is 0 Å². The lowest BCUT2D eigenvalue weighted by Gasteiger charge is -2.30. The van der Waals surface area contributed by atoms with E-state index in [4.69, 9.17) is 0 Å². The number of aliphatic hydroxyl groups is 1. The largest absolute Gasteiger partial charge is 0.507 e. The van der Waals surface area contributed by atoms with Crippen LogP contribution in [0.25, 0.3) is 5.76 Å². The number of carbonyl (C=O) groups is 1. The van der Waals surface area contributed by atoms with Crippen molar-refractivity contribution in [2.24, 2.45) is 0 Å². The molecule has 1 aromatic carbocycles. The molecule has 0 atom stereocenters. The highest BCUT2D eigenvalue weighted by Crippen LogP contribution is 2.49. The number of hydrogen-bond acceptors (Lipinski definition) is 2. The Bertz CT molecular complexity index is 595. The van der Waals surface area contributed by atoms with E-state index in [1.165, 1.54) is 18.2 Å². The van der Waals surface area contributed by atoms with Gasteiger partial charge >= 0.3 is 24.2 Å². The molecule has 0 heterocycles. The Morgan fingerprint density at radius 3 is 1.91 bits per heavy atom. The number of hydrogen-bond donors (Lipinski definition) is 1. The van der Waals surface area contributed by atoms with E-state index in [-0.39, 0.29) is 5.56 Å². The molecule has 2 nitrogen and oxygen atoms in total. The standard InChI is InChI=1S/C13H8F8O2/c14-10(15)12(18,19)13(20,21)11(16,17)9(23)6-8(22)7-4-2-1-3-5-7/h1-6,10,22H/b8-6-. The Kier molecular flexibility index (Phi) is 5.07. The molecule has 0 radical (unpaired) electrons. The third kappa shape index (κ3) is 3.30. The summed E-state index contributed by atoms with van der Waals surface area (Å²) >= 11 is 0. The van der Waals surface area contributed by atoms with Crippen molar-refractivity contribution in [1.82, 2.24) is 0 Å². The van der Waals surface area contributed by atoms with Gasteiger partial charge in [-0.2, -0.15) is 26.3 Å². The molecule has 0 fully saturated rings. The highest BCUT2D eigenvalue weighted by atomic mass is 19.4. The molecule has 0 amide bonds. The van der Waals surface area contributed by atoms with E-state index in [2.05, 4.69) is 0 Å². The first-order valence-electron chi connectivity index (χ1n) is 5.77. The Balaban J connectivity index is 3.20. The van der Waals surface area contributed by atoms with Crippen molar-refractivity contribution >= 4 is 11.5 Å². The molecule has 0 aromatic heterocycles. The first-order chi connectivity index (χ1) is 10.4. The molecule has 1 N–H and O–H groups in total. The zero-order valence-corrected chi connectivity index (χ0v) is 10.9. The summed E-state index contributed by atoms with van der Waals surface area (Å²) in [6.45, 7) is 0. The zero-order valence-electron chi connectivity index (χ0n) is 10.9. The second-order valence-corrected chi connectivity index (χ2v) is 4.33. The molecule has 0 unspecified atom stereocenters. The minimum absolute atomic E-state index is 0.249. The molecular weight excluding hydrogens is 340 g/mol. The highest BCUT2D eigenvalue weighted by molar-refractivity contribution is 6.01. The molecule has 1 rings (SSSR count). The maximum Gasteiger partial charge on any atom is 0.385 e. The summed E-state index contributed by atoms with van der Waals surface area (Å²) < 4.78 is 102. The summed E-state index contributed by atoms with van der Waals surface area (Å²) in [5, 5.41) is 9.36. The van der Waals surface area contributed by atoms with Gasteiger partial charge in [0.25, 0.3) is 0 Å². The number of halogens is 8. The lowest BCUT2D eigenvalue weighted by atomic mass is 9.99. The average Bonchev–Trinajstić information content (AvgIpc) is 2.47. The van der Waals surface area contributed by atoms with Gasteiger partial charge in [0.1, 0.15) is 5.76 Å². The SMILES string of the molecule is O=C(/C=C(\O)c1ccccc1)C(F)(F)C(F)(F)C(F)(F)C(F)F. The fourth-order valence-electron chi connectivity index (χ4n) is 1.41. The number of rotatable bonds is 6. The number of carbonyl (C=O) groups excluding carboxylic acids is 1. The molecule has 23 heavy (non-hydrogen) atoms. The summed E-state index contributed by atoms with van der Waals surface area (Å²) in [6, 6.07) is 6.22. The van der Waals surface area contributed by atoms with Crippen molar-refractivity contribution in [2.45, 2.75) is 24.2 Å². The van der Waals surface area contributed by atoms with Crippen LogP contribution in [-0.4, -0.2) is 35.1 Å². The van der Waals surface area contributed by atoms with Crippen LogP contribution in [0.4, 0.5) is 35.1 Å². The van der Waals surface area contributed by atoms with E-state index in [0.717, 1.165) is 12.1 Å². The second kappa shape index (κ2) is 6.17. The molecule has 0 aliphatic carbocycles. The van der Waals surface area contributed by atoms with Crippen molar-refractivity contribution in [2.75, 3.05) is 0 Å². The van der Waals surface area contributed by atoms with Crippen LogP contribution >= 0.6 is 0 Å². The van der Waals surface area contributed by atoms with Crippen LogP contribution in [0.3, 0.4) is 0 Å². The molecule has 0 saturated heterocycles. The van der Waals surface area contributed by atoms with Crippen molar-refractivity contribution in [1.29, 1.82) is 0 Å². The van der Waals surface area contributed by atoms with Crippen molar-refractivity contribution < 1.29 is 45.0 Å². The van der Waals surface area contributed by atoms with E-state index in [9.17, 15) is 45.0 Å². The van der Waals surface area contributed by atoms with E-state index < -0.39 is 41.8 Å². The molecule has 0 aliphatic heterocycles. The minimum Gasteiger partial charge on any atom is -0.507 e. The van der Waals surface area contributed by atoms with Gasteiger partial charge in [-0.1, -0.05) is 30.3 Å². The quantitative estimate of drug-likeness (QED) is 0.472. The van der Waals surface area contributed by atoms with Gasteiger partial charge in [0.2, 0.25) is 5.78 Å². The molecule has 0 saturated carbocycles. The fourth-order valence-corrected chi connectivity index (χ4v) is 1.41. The van der Waals surface area contributed by atoms with E-state index >= 15 is 0 Å². The monoisotopic (exact) mass is 348 g/mol. The van der Waals surface area contributed by atoms with Gasteiger partial charge in [-0.3, -0.25) is 4.79 Å². The molecular formula is C13H8F8O2. The van der Waals surface area contributed by atoms with Crippen LogP contribution in [0.15, 0.2) is 36.4 Å². The average molecular weight is 348 g/mol. The maximum absolute atomic E-state index is 13.3. The number of allylic oxidation sites excluding steroid dienone is 1. The topological polar surface area (TPSA) is 37.3 Å². The Morgan fingerprint density at radius 2 is 1.48 bits per heavy atom. The van der Waals surface area contributed by atoms with Crippen molar-refractivity contribution in [3.63, 3.8) is 0 Å². The lowest BCUT2D eigenvalue weighted by Crippen LogP contribution is -2.60. The number of benzene rings is 1. The third-order valence-corrected chi connectivity index (χ3v) is 2.73. The summed E-state index contributed by atoms with van der Waals surface area (Å²) in [7, 11) is 0. The number of aliphatic hydroxyl groups excluding tert-OH is 1. The van der Waals surface area contributed by atoms with Gasteiger partial charge in [0.15, 0.2) is 0 Å². The third-order valence-electron chi connectivity index (χ3n) is 2.73. The fraction of sp³-hybridized carbons (Fsp3) is 0.308. The molecule has 0 bridgehead atoms. The smallest absolute Gasteiger partial charge is 0.385 e. The summed E-state index contributed by atoms with van der Waals surface area (Å²) in [5.41, 5.74) is -0.249. The zero-order chi connectivity index (χ0) is 18.1. The van der Waals surface area contributed by atoms with Crippen LogP contribution in [0, 0.1) is 0 Å². The summed E-state index contributed by atoms with van der Waals surface area (Å²) in [6.07, 6.45) is -5.55. The molecule has 0 aliphatic rings. The van der Waals surface area contributed by atoms with Crippen LogP contribution in [0.2, 0.25) is 0 Å². The summed E-state index contributed by atoms with van der Waals surface area (Å²) in [5.74, 6) is -23.4. The maximum atomic E-state index is 13.3. The molecule has 128 valence electrons. The van der Waals surface area contributed by atoms with Gasteiger partial charge in [-0.15, -0.1) is 0 Å². The molecule has 1 aromatic rings. The van der Waals surface area contributed by atoms with Crippen LogP contribution < -0.4 is 0 Å². The Labute approximate surface area is 124 Å². The molecule has 10 heteroatoms. The minimum atomic E-state index is -6.65. The molecule has 0 spiro atoms. The van der Waals surface area contributed by atoms with Crippen LogP contribution in [0.5, 0.6) is 0 Å².